The summed E-state index contributed by atoms with van der Waals surface area (Å²) in [6.07, 6.45) is 6.78. The summed E-state index contributed by atoms with van der Waals surface area (Å²) in [6, 6.07) is 3.92. The minimum absolute atomic E-state index is 0.265. The van der Waals surface area contributed by atoms with E-state index in [0.29, 0.717) is 5.75 Å². The van der Waals surface area contributed by atoms with Crippen molar-refractivity contribution in [2.75, 3.05) is 0 Å². The number of phenols is 1. The molecule has 0 aliphatic heterocycles. The lowest BCUT2D eigenvalue weighted by Crippen LogP contribution is -2.34. The maximum atomic E-state index is 10.1. The Morgan fingerprint density at radius 2 is 1.88 bits per heavy atom. The highest BCUT2D eigenvalue weighted by Gasteiger charge is 2.20. The van der Waals surface area contributed by atoms with Crippen LogP contribution in [-0.2, 0) is 19.3 Å². The maximum Gasteiger partial charge on any atom is 0.119 e. The van der Waals surface area contributed by atoms with Gasteiger partial charge < -0.3 is 10.8 Å². The van der Waals surface area contributed by atoms with Crippen LogP contribution < -0.4 is 5.73 Å². The van der Waals surface area contributed by atoms with Crippen molar-refractivity contribution in [3.63, 3.8) is 0 Å². The number of aryl methyl sites for hydroxylation is 1. The van der Waals surface area contributed by atoms with Gasteiger partial charge in [0.05, 0.1) is 0 Å². The smallest absolute Gasteiger partial charge is 0.119 e. The quantitative estimate of drug-likeness (QED) is 0.771. The molecule has 0 radical (unpaired) electrons. The van der Waals surface area contributed by atoms with Crippen LogP contribution in [0.25, 0.3) is 0 Å². The number of fused-ring (bicyclic) bond motifs is 1. The molecule has 0 saturated carbocycles. The van der Waals surface area contributed by atoms with Crippen LogP contribution in [-0.4, -0.2) is 10.6 Å². The largest absolute Gasteiger partial charge is 0.508 e. The molecular weight excluding hydrogens is 210 g/mol. The van der Waals surface area contributed by atoms with Crippen molar-refractivity contribution in [1.29, 1.82) is 0 Å². The molecule has 3 N–H and O–H groups in total. The van der Waals surface area contributed by atoms with Crippen molar-refractivity contribution in [3.05, 3.63) is 28.8 Å². The van der Waals surface area contributed by atoms with Gasteiger partial charge in [-0.1, -0.05) is 12.5 Å². The number of hydrogen-bond acceptors (Lipinski definition) is 2. The number of phenolic OH excluding ortho intramolecular Hbond substituents is 1. The number of aromatic hydroxyl groups is 1. The molecule has 17 heavy (non-hydrogen) atoms. The SMILES string of the molecule is CC(C)(N)Cc1c(O)ccc2c1CCCCC2. The number of benzene rings is 1. The molecule has 2 nitrogen and oxygen atoms in total. The van der Waals surface area contributed by atoms with Gasteiger partial charge in [0.15, 0.2) is 0 Å². The van der Waals surface area contributed by atoms with Crippen molar-refractivity contribution in [2.24, 2.45) is 5.73 Å². The van der Waals surface area contributed by atoms with Gasteiger partial charge in [-0.3, -0.25) is 0 Å². The summed E-state index contributed by atoms with van der Waals surface area (Å²) in [5.74, 6) is 0.421. The van der Waals surface area contributed by atoms with Gasteiger partial charge in [-0.2, -0.15) is 0 Å². The molecule has 1 aromatic carbocycles. The van der Waals surface area contributed by atoms with E-state index in [1.54, 1.807) is 0 Å². The van der Waals surface area contributed by atoms with Crippen molar-refractivity contribution >= 4 is 0 Å². The van der Waals surface area contributed by atoms with Gasteiger partial charge in [0.1, 0.15) is 5.75 Å². The number of rotatable bonds is 2. The molecule has 0 fully saturated rings. The van der Waals surface area contributed by atoms with E-state index in [4.69, 9.17) is 5.73 Å². The summed E-state index contributed by atoms with van der Waals surface area (Å²) >= 11 is 0. The average molecular weight is 233 g/mol. The van der Waals surface area contributed by atoms with E-state index in [9.17, 15) is 5.11 Å². The van der Waals surface area contributed by atoms with E-state index in [2.05, 4.69) is 6.07 Å². The zero-order valence-corrected chi connectivity index (χ0v) is 10.9. The van der Waals surface area contributed by atoms with E-state index >= 15 is 0 Å². The van der Waals surface area contributed by atoms with Gasteiger partial charge in [0.2, 0.25) is 0 Å². The Balaban J connectivity index is 2.42. The maximum absolute atomic E-state index is 10.1. The lowest BCUT2D eigenvalue weighted by Gasteiger charge is -2.22. The van der Waals surface area contributed by atoms with Gasteiger partial charge in [0.25, 0.3) is 0 Å². The van der Waals surface area contributed by atoms with E-state index in [-0.39, 0.29) is 5.54 Å². The van der Waals surface area contributed by atoms with Crippen LogP contribution in [0.15, 0.2) is 12.1 Å². The molecule has 94 valence electrons. The molecule has 2 heteroatoms. The van der Waals surface area contributed by atoms with Crippen LogP contribution in [0.3, 0.4) is 0 Å². The van der Waals surface area contributed by atoms with Crippen LogP contribution in [0.5, 0.6) is 5.75 Å². The second-order valence-electron chi connectivity index (χ2n) is 5.93. The first-order chi connectivity index (χ1) is 7.97. The normalized spacial score (nSPS) is 16.4. The van der Waals surface area contributed by atoms with Crippen LogP contribution in [0.1, 0.15) is 49.8 Å². The first kappa shape index (κ1) is 12.4. The first-order valence-electron chi connectivity index (χ1n) is 6.59. The highest BCUT2D eigenvalue weighted by atomic mass is 16.3. The summed E-state index contributed by atoms with van der Waals surface area (Å²) in [7, 11) is 0. The third-order valence-corrected chi connectivity index (χ3v) is 3.51. The van der Waals surface area contributed by atoms with E-state index < -0.39 is 0 Å². The Bertz CT molecular complexity index is 404. The second-order valence-corrected chi connectivity index (χ2v) is 5.93. The van der Waals surface area contributed by atoms with Gasteiger partial charge in [-0.15, -0.1) is 0 Å². The minimum atomic E-state index is -0.265. The highest BCUT2D eigenvalue weighted by molar-refractivity contribution is 5.46. The van der Waals surface area contributed by atoms with Crippen LogP contribution in [0, 0.1) is 0 Å². The topological polar surface area (TPSA) is 46.2 Å². The molecule has 0 spiro atoms. The average Bonchev–Trinajstić information content (AvgIpc) is 2.46. The Morgan fingerprint density at radius 3 is 2.59 bits per heavy atom. The van der Waals surface area contributed by atoms with Gasteiger partial charge in [-0.05, 0) is 68.7 Å². The number of nitrogens with two attached hydrogens (primary N) is 1. The van der Waals surface area contributed by atoms with Gasteiger partial charge in [0, 0.05) is 5.54 Å². The summed E-state index contributed by atoms with van der Waals surface area (Å²) in [6.45, 7) is 4.03. The van der Waals surface area contributed by atoms with E-state index in [1.165, 1.54) is 30.4 Å². The molecule has 1 aromatic rings. The fourth-order valence-corrected chi connectivity index (χ4v) is 2.72. The van der Waals surface area contributed by atoms with Gasteiger partial charge >= 0.3 is 0 Å². The van der Waals surface area contributed by atoms with E-state index in [0.717, 1.165) is 24.8 Å². The second kappa shape index (κ2) is 4.69. The Kier molecular flexibility index (Phi) is 3.43. The van der Waals surface area contributed by atoms with Crippen molar-refractivity contribution in [1.82, 2.24) is 0 Å². The number of hydrogen-bond donors (Lipinski definition) is 2. The molecule has 0 aromatic heterocycles. The molecule has 0 heterocycles. The monoisotopic (exact) mass is 233 g/mol. The van der Waals surface area contributed by atoms with E-state index in [1.807, 2.05) is 19.9 Å². The van der Waals surface area contributed by atoms with Crippen molar-refractivity contribution in [2.45, 2.75) is 57.9 Å². The molecular formula is C15H23NO. The lowest BCUT2D eigenvalue weighted by atomic mass is 9.88. The Labute approximate surface area is 104 Å². The fourth-order valence-electron chi connectivity index (χ4n) is 2.72. The van der Waals surface area contributed by atoms with Crippen LogP contribution in [0.4, 0.5) is 0 Å². The summed E-state index contributed by atoms with van der Waals surface area (Å²) in [4.78, 5) is 0. The standard InChI is InChI=1S/C15H23NO/c1-15(2,16)10-13-12-7-5-3-4-6-11(12)8-9-14(13)17/h8-9,17H,3-7,10,16H2,1-2H3. The molecule has 0 amide bonds. The van der Waals surface area contributed by atoms with Crippen molar-refractivity contribution < 1.29 is 5.11 Å². The van der Waals surface area contributed by atoms with Crippen molar-refractivity contribution in [3.8, 4) is 5.75 Å². The molecule has 1 aliphatic carbocycles. The minimum Gasteiger partial charge on any atom is -0.508 e. The molecule has 0 saturated heterocycles. The molecule has 2 rings (SSSR count). The highest BCUT2D eigenvalue weighted by Crippen LogP contribution is 2.31. The lowest BCUT2D eigenvalue weighted by molar-refractivity contribution is 0.447. The predicted octanol–water partition coefficient (Wildman–Crippen LogP) is 2.94. The Hall–Kier alpha value is -1.02. The first-order valence-corrected chi connectivity index (χ1v) is 6.59. The fraction of sp³-hybridized carbons (Fsp3) is 0.600. The summed E-state index contributed by atoms with van der Waals surface area (Å²) in [5, 5.41) is 10.1. The zero-order chi connectivity index (χ0) is 12.5. The molecule has 1 aliphatic rings. The predicted molar refractivity (Wildman–Crippen MR) is 71.3 cm³/mol. The zero-order valence-electron chi connectivity index (χ0n) is 10.9. The molecule has 0 atom stereocenters. The third kappa shape index (κ3) is 3.01. The van der Waals surface area contributed by atoms with Crippen LogP contribution >= 0.6 is 0 Å². The molecule has 0 unspecified atom stereocenters. The Morgan fingerprint density at radius 1 is 1.18 bits per heavy atom. The summed E-state index contributed by atoms with van der Waals surface area (Å²) in [5.41, 5.74) is 9.69. The van der Waals surface area contributed by atoms with Crippen LogP contribution in [0.2, 0.25) is 0 Å². The van der Waals surface area contributed by atoms with Gasteiger partial charge in [-0.25, -0.2) is 0 Å². The summed E-state index contributed by atoms with van der Waals surface area (Å²) < 4.78 is 0. The third-order valence-electron chi connectivity index (χ3n) is 3.51. The molecule has 0 bridgehead atoms.